The van der Waals surface area contributed by atoms with E-state index in [2.05, 4.69) is 31.5 Å². The van der Waals surface area contributed by atoms with Crippen LogP contribution < -0.4 is 21.3 Å². The molecule has 206 valence electrons. The molecule has 1 aromatic heterocycles. The van der Waals surface area contributed by atoms with Crippen molar-refractivity contribution in [2.24, 2.45) is 11.3 Å². The minimum Gasteiger partial charge on any atom is -0.345 e. The van der Waals surface area contributed by atoms with Gasteiger partial charge >= 0.3 is 0 Å². The van der Waals surface area contributed by atoms with Gasteiger partial charge in [-0.1, -0.05) is 65.0 Å². The van der Waals surface area contributed by atoms with Gasteiger partial charge < -0.3 is 21.3 Å². The van der Waals surface area contributed by atoms with Gasteiger partial charge in [-0.15, -0.1) is 0 Å². The summed E-state index contributed by atoms with van der Waals surface area (Å²) in [6.07, 6.45) is 0. The molecule has 0 aliphatic carbocycles. The van der Waals surface area contributed by atoms with E-state index in [4.69, 9.17) is 0 Å². The number of aryl methyl sites for hydroxylation is 1. The van der Waals surface area contributed by atoms with E-state index >= 15 is 0 Å². The van der Waals surface area contributed by atoms with Crippen LogP contribution in [-0.2, 0) is 25.7 Å². The lowest BCUT2D eigenvalue weighted by atomic mass is 9.85. The summed E-state index contributed by atoms with van der Waals surface area (Å²) in [6, 6.07) is 7.58. The van der Waals surface area contributed by atoms with Gasteiger partial charge in [0.15, 0.2) is 0 Å². The van der Waals surface area contributed by atoms with Crippen LogP contribution in [0.4, 0.5) is 0 Å². The summed E-state index contributed by atoms with van der Waals surface area (Å²) in [6.45, 7) is 12.1. The van der Waals surface area contributed by atoms with Crippen LogP contribution in [0, 0.1) is 18.3 Å². The van der Waals surface area contributed by atoms with Crippen molar-refractivity contribution in [2.75, 3.05) is 0 Å². The van der Waals surface area contributed by atoms with Crippen LogP contribution in [0.2, 0.25) is 0 Å². The number of aromatic nitrogens is 2. The molecule has 11 nitrogen and oxygen atoms in total. The minimum absolute atomic E-state index is 0.138. The third-order valence-electron chi connectivity index (χ3n) is 5.86. The van der Waals surface area contributed by atoms with Gasteiger partial charge in [0, 0.05) is 12.2 Å². The maximum atomic E-state index is 13.1. The van der Waals surface area contributed by atoms with Crippen LogP contribution in [0.25, 0.3) is 0 Å². The molecule has 0 spiro atoms. The lowest BCUT2D eigenvalue weighted by molar-refractivity contribution is -0.141. The SMILES string of the molecule is Cc1cc(C(=O)NC(C(=O)NC(C)C(=O)NC(C(=O)C(=O)NCc2ccccc2)C(C)C)C(C)(C)C)n[nH]1. The van der Waals surface area contributed by atoms with Crippen molar-refractivity contribution in [2.45, 2.75) is 73.1 Å². The number of benzene rings is 1. The number of H-pyrrole nitrogens is 1. The Balaban J connectivity index is 2.02. The second kappa shape index (κ2) is 13.0. The molecule has 0 saturated heterocycles. The Bertz CT molecular complexity index is 1150. The Morgan fingerprint density at radius 2 is 1.55 bits per heavy atom. The first-order valence-electron chi connectivity index (χ1n) is 12.5. The number of hydrogen-bond donors (Lipinski definition) is 5. The van der Waals surface area contributed by atoms with E-state index in [1.165, 1.54) is 6.92 Å². The highest BCUT2D eigenvalue weighted by atomic mass is 16.2. The number of rotatable bonds is 11. The highest BCUT2D eigenvalue weighted by Crippen LogP contribution is 2.20. The number of carbonyl (C=O) groups is 5. The Kier molecular flexibility index (Phi) is 10.3. The molecule has 5 N–H and O–H groups in total. The molecule has 1 heterocycles. The molecular weight excluding hydrogens is 488 g/mol. The Morgan fingerprint density at radius 3 is 2.08 bits per heavy atom. The minimum atomic E-state index is -1.08. The quantitative estimate of drug-likeness (QED) is 0.278. The van der Waals surface area contributed by atoms with E-state index in [-0.39, 0.29) is 18.2 Å². The smallest absolute Gasteiger partial charge is 0.289 e. The fraction of sp³-hybridized carbons (Fsp3) is 0.481. The molecule has 0 saturated carbocycles. The molecule has 2 aromatic rings. The Hall–Kier alpha value is -4.02. The number of aromatic amines is 1. The number of ketones is 1. The third-order valence-corrected chi connectivity index (χ3v) is 5.86. The van der Waals surface area contributed by atoms with Crippen molar-refractivity contribution >= 4 is 29.4 Å². The molecule has 11 heteroatoms. The monoisotopic (exact) mass is 526 g/mol. The van der Waals surface area contributed by atoms with Gasteiger partial charge in [-0.2, -0.15) is 5.10 Å². The van der Waals surface area contributed by atoms with Crippen LogP contribution in [-0.4, -0.2) is 57.7 Å². The van der Waals surface area contributed by atoms with Crippen LogP contribution in [0.1, 0.15) is 63.3 Å². The van der Waals surface area contributed by atoms with Gasteiger partial charge in [-0.25, -0.2) is 0 Å². The summed E-state index contributed by atoms with van der Waals surface area (Å²) in [5, 5.41) is 17.0. The van der Waals surface area contributed by atoms with E-state index in [0.29, 0.717) is 5.69 Å². The van der Waals surface area contributed by atoms with Crippen molar-refractivity contribution in [3.8, 4) is 0 Å². The molecular formula is C27H38N6O5. The zero-order chi connectivity index (χ0) is 28.6. The topological polar surface area (TPSA) is 162 Å². The second-order valence-electron chi connectivity index (χ2n) is 10.7. The van der Waals surface area contributed by atoms with Crippen molar-refractivity contribution in [1.82, 2.24) is 31.5 Å². The first-order valence-corrected chi connectivity index (χ1v) is 12.5. The zero-order valence-electron chi connectivity index (χ0n) is 23.0. The first kappa shape index (κ1) is 30.2. The third kappa shape index (κ3) is 8.53. The molecule has 2 rings (SSSR count). The summed E-state index contributed by atoms with van der Waals surface area (Å²) in [7, 11) is 0. The summed E-state index contributed by atoms with van der Waals surface area (Å²) in [5.41, 5.74) is 0.978. The zero-order valence-corrected chi connectivity index (χ0v) is 23.0. The van der Waals surface area contributed by atoms with Gasteiger partial charge in [-0.3, -0.25) is 29.1 Å². The van der Waals surface area contributed by atoms with Crippen molar-refractivity contribution in [1.29, 1.82) is 0 Å². The number of hydrogen-bond acceptors (Lipinski definition) is 6. The van der Waals surface area contributed by atoms with Gasteiger partial charge in [0.2, 0.25) is 17.6 Å². The average molecular weight is 527 g/mol. The van der Waals surface area contributed by atoms with Crippen LogP contribution in [0.5, 0.6) is 0 Å². The maximum Gasteiger partial charge on any atom is 0.289 e. The molecule has 0 fully saturated rings. The number of Topliss-reactive ketones (excluding diaryl/α,β-unsaturated/α-hetero) is 1. The predicted octanol–water partition coefficient (Wildman–Crippen LogP) is 1.39. The van der Waals surface area contributed by atoms with E-state index in [9.17, 15) is 24.0 Å². The Morgan fingerprint density at radius 1 is 0.921 bits per heavy atom. The van der Waals surface area contributed by atoms with Crippen LogP contribution >= 0.6 is 0 Å². The van der Waals surface area contributed by atoms with Gasteiger partial charge in [-0.05, 0) is 36.8 Å². The van der Waals surface area contributed by atoms with Crippen LogP contribution in [0.15, 0.2) is 36.4 Å². The highest BCUT2D eigenvalue weighted by molar-refractivity contribution is 6.38. The summed E-state index contributed by atoms with van der Waals surface area (Å²) >= 11 is 0. The van der Waals surface area contributed by atoms with E-state index in [1.807, 2.05) is 30.3 Å². The van der Waals surface area contributed by atoms with Crippen molar-refractivity contribution in [3.05, 3.63) is 53.3 Å². The molecule has 0 aliphatic rings. The largest absolute Gasteiger partial charge is 0.345 e. The highest BCUT2D eigenvalue weighted by Gasteiger charge is 2.36. The predicted molar refractivity (Wildman–Crippen MR) is 142 cm³/mol. The molecule has 3 unspecified atom stereocenters. The lowest BCUT2D eigenvalue weighted by Crippen LogP contribution is -2.59. The summed E-state index contributed by atoms with van der Waals surface area (Å²) in [5.74, 6) is -3.72. The van der Waals surface area contributed by atoms with E-state index < -0.39 is 53.0 Å². The number of nitrogens with zero attached hydrogens (tertiary/aromatic N) is 1. The summed E-state index contributed by atoms with van der Waals surface area (Å²) in [4.78, 5) is 63.9. The number of amides is 4. The van der Waals surface area contributed by atoms with E-state index in [0.717, 1.165) is 5.56 Å². The molecule has 0 aliphatic heterocycles. The maximum absolute atomic E-state index is 13.1. The molecule has 38 heavy (non-hydrogen) atoms. The normalized spacial score (nSPS) is 13.7. The standard InChI is InChI=1S/C27H38N6O5/c1-15(2)20(21(34)25(37)28-14-18-11-9-8-10-12-18)30-23(35)17(4)29-26(38)22(27(5,6)7)31-24(36)19-13-16(3)32-33-19/h8-13,15,17,20,22H,14H2,1-7H3,(H,28,37)(H,29,38)(H,30,35)(H,31,36)(H,32,33). The number of nitrogens with one attached hydrogen (secondary N) is 5. The molecule has 1 aromatic carbocycles. The van der Waals surface area contributed by atoms with Crippen LogP contribution in [0.3, 0.4) is 0 Å². The fourth-order valence-corrected chi connectivity index (χ4v) is 3.60. The molecule has 0 bridgehead atoms. The molecule has 3 atom stereocenters. The van der Waals surface area contributed by atoms with Crippen molar-refractivity contribution in [3.63, 3.8) is 0 Å². The second-order valence-corrected chi connectivity index (χ2v) is 10.7. The Labute approximate surface area is 222 Å². The molecule has 4 amide bonds. The summed E-state index contributed by atoms with van der Waals surface area (Å²) < 4.78 is 0. The molecule has 0 radical (unpaired) electrons. The lowest BCUT2D eigenvalue weighted by Gasteiger charge is -2.31. The average Bonchev–Trinajstić information content (AvgIpc) is 3.29. The first-order chi connectivity index (χ1) is 17.7. The fourth-order valence-electron chi connectivity index (χ4n) is 3.60. The van der Waals surface area contributed by atoms with Gasteiger partial charge in [0.1, 0.15) is 17.8 Å². The van der Waals surface area contributed by atoms with Gasteiger partial charge in [0.25, 0.3) is 11.8 Å². The number of carbonyl (C=O) groups excluding carboxylic acids is 5. The van der Waals surface area contributed by atoms with Gasteiger partial charge in [0.05, 0.1) is 6.04 Å². The van der Waals surface area contributed by atoms with Crippen molar-refractivity contribution < 1.29 is 24.0 Å². The van der Waals surface area contributed by atoms with E-state index in [1.54, 1.807) is 47.6 Å².